The average molecular weight is 266 g/mol. The summed E-state index contributed by atoms with van der Waals surface area (Å²) in [6, 6.07) is 10.3. The van der Waals surface area contributed by atoms with E-state index in [1.165, 1.54) is 0 Å². The van der Waals surface area contributed by atoms with Crippen molar-refractivity contribution in [3.63, 3.8) is 0 Å². The summed E-state index contributed by atoms with van der Waals surface area (Å²) in [5, 5.41) is 22.2. The highest BCUT2D eigenvalue weighted by Crippen LogP contribution is 2.25. The molecule has 0 saturated heterocycles. The summed E-state index contributed by atoms with van der Waals surface area (Å²) >= 11 is 0. The number of aromatic hydroxyl groups is 1. The fourth-order valence-corrected chi connectivity index (χ4v) is 1.93. The number of nitriles is 1. The number of aryl methyl sites for hydroxylation is 1. The molecule has 0 aliphatic rings. The molecule has 1 N–H and O–H groups in total. The molecule has 20 heavy (non-hydrogen) atoms. The third-order valence-corrected chi connectivity index (χ3v) is 2.88. The van der Waals surface area contributed by atoms with Gasteiger partial charge in [-0.25, -0.2) is 0 Å². The van der Waals surface area contributed by atoms with Gasteiger partial charge in [-0.15, -0.1) is 0 Å². The highest BCUT2D eigenvalue weighted by molar-refractivity contribution is 5.60. The molecule has 0 aliphatic heterocycles. The van der Waals surface area contributed by atoms with Gasteiger partial charge in [-0.2, -0.15) is 10.2 Å². The van der Waals surface area contributed by atoms with Crippen LogP contribution in [-0.2, 0) is 7.05 Å². The lowest BCUT2D eigenvalue weighted by molar-refractivity contribution is 0.429. The molecular weight excluding hydrogens is 256 g/mol. The molecule has 1 aromatic carbocycles. The minimum absolute atomic E-state index is 0.138. The van der Waals surface area contributed by atoms with Crippen LogP contribution in [0.25, 0.3) is 23.0 Å². The van der Waals surface area contributed by atoms with Crippen LogP contribution in [0.15, 0.2) is 41.1 Å². The van der Waals surface area contributed by atoms with Crippen LogP contribution >= 0.6 is 0 Å². The number of hydrogen-bond acceptors (Lipinski definition) is 5. The number of benzene rings is 1. The Morgan fingerprint density at radius 2 is 2.20 bits per heavy atom. The second-order valence-electron chi connectivity index (χ2n) is 4.31. The smallest absolute Gasteiger partial charge is 0.274 e. The van der Waals surface area contributed by atoms with Crippen molar-refractivity contribution in [3.05, 3.63) is 42.1 Å². The topological polar surface area (TPSA) is 87.9 Å². The molecule has 0 bridgehead atoms. The van der Waals surface area contributed by atoms with Crippen molar-refractivity contribution in [2.24, 2.45) is 7.05 Å². The first-order valence-electron chi connectivity index (χ1n) is 5.87. The summed E-state index contributed by atoms with van der Waals surface area (Å²) in [5.74, 6) is 0.849. The quantitative estimate of drug-likeness (QED) is 0.769. The van der Waals surface area contributed by atoms with Crippen molar-refractivity contribution in [2.75, 3.05) is 0 Å². The van der Waals surface area contributed by atoms with E-state index in [2.05, 4.69) is 16.2 Å². The number of hydrogen-bond donors (Lipinski definition) is 1. The van der Waals surface area contributed by atoms with Gasteiger partial charge in [-0.3, -0.25) is 0 Å². The normalized spacial score (nSPS) is 10.4. The van der Waals surface area contributed by atoms with Gasteiger partial charge >= 0.3 is 0 Å². The standard InChI is InChI=1S/C14H10N4O2/c1-18-8-9(7-15)5-12(18)14-16-13(17-20-14)10-3-2-4-11(19)6-10/h2-6,8,19H,1H3. The molecule has 0 atom stereocenters. The van der Waals surface area contributed by atoms with Gasteiger partial charge < -0.3 is 14.2 Å². The van der Waals surface area contributed by atoms with Crippen molar-refractivity contribution in [3.8, 4) is 34.8 Å². The van der Waals surface area contributed by atoms with Gasteiger partial charge in [0.05, 0.1) is 5.56 Å². The summed E-state index contributed by atoms with van der Waals surface area (Å²) in [5.41, 5.74) is 1.86. The molecular formula is C14H10N4O2. The predicted octanol–water partition coefficient (Wildman–Crippen LogP) is 2.32. The van der Waals surface area contributed by atoms with E-state index in [0.717, 1.165) is 0 Å². The van der Waals surface area contributed by atoms with Gasteiger partial charge in [0, 0.05) is 18.8 Å². The maximum atomic E-state index is 9.45. The molecule has 3 rings (SSSR count). The highest BCUT2D eigenvalue weighted by atomic mass is 16.5. The van der Waals surface area contributed by atoms with Crippen LogP contribution in [0.2, 0.25) is 0 Å². The average Bonchev–Trinajstić information content (AvgIpc) is 3.05. The third kappa shape index (κ3) is 2.01. The molecule has 0 aliphatic carbocycles. The maximum Gasteiger partial charge on any atom is 0.274 e. The van der Waals surface area contributed by atoms with Gasteiger partial charge in [0.1, 0.15) is 17.5 Å². The lowest BCUT2D eigenvalue weighted by Gasteiger charge is -1.95. The van der Waals surface area contributed by atoms with Crippen LogP contribution < -0.4 is 0 Å². The minimum Gasteiger partial charge on any atom is -0.508 e. The zero-order chi connectivity index (χ0) is 14.1. The lowest BCUT2D eigenvalue weighted by atomic mass is 10.2. The Kier molecular flexibility index (Phi) is 2.73. The molecule has 6 nitrogen and oxygen atoms in total. The maximum absolute atomic E-state index is 9.45. The third-order valence-electron chi connectivity index (χ3n) is 2.88. The Labute approximate surface area is 114 Å². The van der Waals surface area contributed by atoms with E-state index in [9.17, 15) is 5.11 Å². The number of phenolic OH excluding ortho intramolecular Hbond substituents is 1. The number of nitrogens with zero attached hydrogens (tertiary/aromatic N) is 4. The van der Waals surface area contributed by atoms with E-state index in [1.807, 2.05) is 0 Å². The molecule has 2 heterocycles. The molecule has 2 aromatic heterocycles. The van der Waals surface area contributed by atoms with Crippen molar-refractivity contribution in [1.82, 2.24) is 14.7 Å². The summed E-state index contributed by atoms with van der Waals surface area (Å²) in [6.07, 6.45) is 1.69. The Morgan fingerprint density at radius 3 is 2.90 bits per heavy atom. The highest BCUT2D eigenvalue weighted by Gasteiger charge is 2.14. The molecule has 0 amide bonds. The molecule has 0 fully saturated rings. The molecule has 98 valence electrons. The van der Waals surface area contributed by atoms with E-state index in [-0.39, 0.29) is 5.75 Å². The first-order chi connectivity index (χ1) is 9.67. The van der Waals surface area contributed by atoms with E-state index >= 15 is 0 Å². The van der Waals surface area contributed by atoms with Crippen molar-refractivity contribution in [1.29, 1.82) is 5.26 Å². The minimum atomic E-state index is 0.138. The first kappa shape index (κ1) is 12.0. The van der Waals surface area contributed by atoms with Gasteiger partial charge in [0.2, 0.25) is 5.82 Å². The monoisotopic (exact) mass is 266 g/mol. The Hall–Kier alpha value is -3.07. The first-order valence-corrected chi connectivity index (χ1v) is 5.87. The lowest BCUT2D eigenvalue weighted by Crippen LogP contribution is -1.89. The molecule has 0 saturated carbocycles. The summed E-state index contributed by atoms with van der Waals surface area (Å²) in [7, 11) is 1.80. The summed E-state index contributed by atoms with van der Waals surface area (Å²) < 4.78 is 6.96. The van der Waals surface area contributed by atoms with Gasteiger partial charge in [0.15, 0.2) is 0 Å². The Balaban J connectivity index is 2.02. The van der Waals surface area contributed by atoms with Crippen LogP contribution in [0.1, 0.15) is 5.56 Å². The fraction of sp³-hybridized carbons (Fsp3) is 0.0714. The zero-order valence-corrected chi connectivity index (χ0v) is 10.6. The van der Waals surface area contributed by atoms with Crippen LogP contribution in [0, 0.1) is 11.3 Å². The van der Waals surface area contributed by atoms with E-state index in [1.54, 1.807) is 48.1 Å². The summed E-state index contributed by atoms with van der Waals surface area (Å²) in [4.78, 5) is 4.28. The zero-order valence-electron chi connectivity index (χ0n) is 10.6. The SMILES string of the molecule is Cn1cc(C#N)cc1-c1nc(-c2cccc(O)c2)no1. The van der Waals surface area contributed by atoms with Crippen LogP contribution in [0.4, 0.5) is 0 Å². The second kappa shape index (κ2) is 4.55. The molecule has 6 heteroatoms. The van der Waals surface area contributed by atoms with Crippen molar-refractivity contribution < 1.29 is 9.63 Å². The number of rotatable bonds is 2. The second-order valence-corrected chi connectivity index (χ2v) is 4.31. The molecule has 0 unspecified atom stereocenters. The Bertz CT molecular complexity index is 811. The van der Waals surface area contributed by atoms with Crippen LogP contribution in [0.5, 0.6) is 5.75 Å². The number of phenols is 1. The van der Waals surface area contributed by atoms with E-state index in [0.29, 0.717) is 28.5 Å². The van der Waals surface area contributed by atoms with Crippen LogP contribution in [0.3, 0.4) is 0 Å². The fourth-order valence-electron chi connectivity index (χ4n) is 1.93. The molecule has 3 aromatic rings. The molecule has 0 radical (unpaired) electrons. The summed E-state index contributed by atoms with van der Waals surface area (Å²) in [6.45, 7) is 0. The van der Waals surface area contributed by atoms with E-state index in [4.69, 9.17) is 9.78 Å². The largest absolute Gasteiger partial charge is 0.508 e. The number of aromatic nitrogens is 3. The molecule has 0 spiro atoms. The van der Waals surface area contributed by atoms with Gasteiger partial charge in [-0.1, -0.05) is 17.3 Å². The van der Waals surface area contributed by atoms with Gasteiger partial charge in [-0.05, 0) is 18.2 Å². The van der Waals surface area contributed by atoms with Crippen molar-refractivity contribution in [2.45, 2.75) is 0 Å². The Morgan fingerprint density at radius 1 is 1.35 bits per heavy atom. The van der Waals surface area contributed by atoms with Gasteiger partial charge in [0.25, 0.3) is 5.89 Å². The van der Waals surface area contributed by atoms with Crippen LogP contribution in [-0.4, -0.2) is 19.8 Å². The van der Waals surface area contributed by atoms with E-state index < -0.39 is 0 Å². The predicted molar refractivity (Wildman–Crippen MR) is 70.5 cm³/mol. The van der Waals surface area contributed by atoms with Crippen molar-refractivity contribution >= 4 is 0 Å².